The number of rotatable bonds is 6. The Labute approximate surface area is 134 Å². The molecule has 0 aliphatic rings. The predicted molar refractivity (Wildman–Crippen MR) is 91.5 cm³/mol. The van der Waals surface area contributed by atoms with E-state index in [1.807, 2.05) is 6.07 Å². The molecule has 0 saturated heterocycles. The Morgan fingerprint density at radius 1 is 1.23 bits per heavy atom. The van der Waals surface area contributed by atoms with Gasteiger partial charge in [-0.3, -0.25) is 0 Å². The van der Waals surface area contributed by atoms with Gasteiger partial charge >= 0.3 is 0 Å². The van der Waals surface area contributed by atoms with Crippen LogP contribution in [0.1, 0.15) is 37.8 Å². The third-order valence-electron chi connectivity index (χ3n) is 3.69. The smallest absolute Gasteiger partial charge is 0.202 e. The van der Waals surface area contributed by atoms with Gasteiger partial charge in [0.1, 0.15) is 11.6 Å². The Bertz CT molecular complexity index is 759. The number of fused-ring (bicyclic) bond motifs is 1. The summed E-state index contributed by atoms with van der Waals surface area (Å²) in [6.07, 6.45) is 1.97. The fourth-order valence-electron chi connectivity index (χ4n) is 2.40. The molecule has 6 heteroatoms. The summed E-state index contributed by atoms with van der Waals surface area (Å²) in [7, 11) is 2.08. The zero-order valence-corrected chi connectivity index (χ0v) is 14.0. The number of aromatic nitrogens is 4. The van der Waals surface area contributed by atoms with Gasteiger partial charge < -0.3 is 9.88 Å². The third kappa shape index (κ3) is 3.11. The lowest BCUT2D eigenvalue weighted by molar-refractivity contribution is 0.752. The van der Waals surface area contributed by atoms with Crippen molar-refractivity contribution in [2.45, 2.75) is 32.6 Å². The van der Waals surface area contributed by atoms with Gasteiger partial charge in [-0.25, -0.2) is 9.97 Å². The third-order valence-corrected chi connectivity index (χ3v) is 4.38. The van der Waals surface area contributed by atoms with Crippen LogP contribution >= 0.6 is 11.5 Å². The number of aryl methyl sites for hydroxylation is 2. The molecule has 0 unspecified atom stereocenters. The van der Waals surface area contributed by atoms with Gasteiger partial charge in [-0.2, -0.15) is 4.37 Å². The summed E-state index contributed by atoms with van der Waals surface area (Å²) in [6, 6.07) is 8.25. The second-order valence-corrected chi connectivity index (χ2v) is 6.47. The van der Waals surface area contributed by atoms with Gasteiger partial charge in [0.2, 0.25) is 5.13 Å². The van der Waals surface area contributed by atoms with Crippen LogP contribution in [0, 0.1) is 0 Å². The highest BCUT2D eigenvalue weighted by atomic mass is 32.1. The Balaban J connectivity index is 1.54. The number of nitrogens with zero attached hydrogens (tertiary/aromatic N) is 4. The molecular formula is C16H21N5S. The van der Waals surface area contributed by atoms with E-state index in [-0.39, 0.29) is 0 Å². The van der Waals surface area contributed by atoms with Gasteiger partial charge in [0.25, 0.3) is 0 Å². The Morgan fingerprint density at radius 3 is 2.77 bits per heavy atom. The Hall–Kier alpha value is -1.95. The average molecular weight is 315 g/mol. The SMILES string of the molecule is CC(C)c1nsc(NCCCc2nc3ccccc3n2C)n1. The maximum Gasteiger partial charge on any atom is 0.202 e. The largest absolute Gasteiger partial charge is 0.360 e. The van der Waals surface area contributed by atoms with Crippen LogP contribution in [-0.2, 0) is 13.5 Å². The second kappa shape index (κ2) is 6.44. The minimum absolute atomic E-state index is 0.381. The van der Waals surface area contributed by atoms with Crippen molar-refractivity contribution in [2.24, 2.45) is 7.05 Å². The normalized spacial score (nSPS) is 11.5. The number of imidazole rings is 1. The van der Waals surface area contributed by atoms with Crippen LogP contribution < -0.4 is 5.32 Å². The lowest BCUT2D eigenvalue weighted by Crippen LogP contribution is -2.05. The first-order valence-corrected chi connectivity index (χ1v) is 8.40. The average Bonchev–Trinajstić information content (AvgIpc) is 3.10. The fourth-order valence-corrected chi connectivity index (χ4v) is 3.13. The molecule has 0 radical (unpaired) electrons. The van der Waals surface area contributed by atoms with Crippen LogP contribution in [0.15, 0.2) is 24.3 Å². The van der Waals surface area contributed by atoms with Crippen molar-refractivity contribution in [1.29, 1.82) is 0 Å². The maximum atomic E-state index is 4.69. The molecule has 0 fully saturated rings. The summed E-state index contributed by atoms with van der Waals surface area (Å²) in [5.41, 5.74) is 2.26. The summed E-state index contributed by atoms with van der Waals surface area (Å²) in [5.74, 6) is 2.43. The van der Waals surface area contributed by atoms with Crippen molar-refractivity contribution < 1.29 is 0 Å². The molecule has 5 nitrogen and oxygen atoms in total. The van der Waals surface area contributed by atoms with Crippen molar-refractivity contribution in [3.05, 3.63) is 35.9 Å². The fraction of sp³-hybridized carbons (Fsp3) is 0.438. The second-order valence-electron chi connectivity index (χ2n) is 5.72. The van der Waals surface area contributed by atoms with Gasteiger partial charge in [-0.15, -0.1) is 0 Å². The van der Waals surface area contributed by atoms with Crippen molar-refractivity contribution in [3.8, 4) is 0 Å². The molecule has 0 bridgehead atoms. The number of nitrogens with one attached hydrogen (secondary N) is 1. The molecule has 1 aromatic carbocycles. The Morgan fingerprint density at radius 2 is 2.05 bits per heavy atom. The number of hydrogen-bond donors (Lipinski definition) is 1. The Kier molecular flexibility index (Phi) is 4.38. The first kappa shape index (κ1) is 15.0. The van der Waals surface area contributed by atoms with E-state index in [9.17, 15) is 0 Å². The van der Waals surface area contributed by atoms with Crippen molar-refractivity contribution in [1.82, 2.24) is 18.9 Å². The van der Waals surface area contributed by atoms with E-state index < -0.39 is 0 Å². The minimum atomic E-state index is 0.381. The molecule has 0 aliphatic heterocycles. The first-order valence-electron chi connectivity index (χ1n) is 7.63. The lowest BCUT2D eigenvalue weighted by atomic mass is 10.2. The molecule has 0 atom stereocenters. The van der Waals surface area contributed by atoms with Crippen LogP contribution in [-0.4, -0.2) is 25.5 Å². The summed E-state index contributed by atoms with van der Waals surface area (Å²) < 4.78 is 6.52. The molecule has 116 valence electrons. The van der Waals surface area contributed by atoms with Gasteiger partial charge in [0.05, 0.1) is 11.0 Å². The van der Waals surface area contributed by atoms with Gasteiger partial charge in [0.15, 0.2) is 0 Å². The van der Waals surface area contributed by atoms with E-state index in [4.69, 9.17) is 4.98 Å². The van der Waals surface area contributed by atoms with Crippen molar-refractivity contribution >= 4 is 27.7 Å². The molecule has 0 saturated carbocycles. The van der Waals surface area contributed by atoms with Crippen LogP contribution in [0.4, 0.5) is 5.13 Å². The molecule has 2 heterocycles. The number of para-hydroxylation sites is 2. The van der Waals surface area contributed by atoms with E-state index >= 15 is 0 Å². The molecule has 0 aliphatic carbocycles. The predicted octanol–water partition coefficient (Wildman–Crippen LogP) is 3.59. The number of hydrogen-bond acceptors (Lipinski definition) is 5. The first-order chi connectivity index (χ1) is 10.6. The standard InChI is InChI=1S/C16H21N5S/c1-11(2)15-19-16(22-20-15)17-10-6-9-14-18-12-7-4-5-8-13(12)21(14)3/h4-5,7-8,11H,6,9-10H2,1-3H3,(H,17,19,20). The van der Waals surface area contributed by atoms with E-state index in [2.05, 4.69) is 58.3 Å². The number of benzene rings is 1. The summed E-state index contributed by atoms with van der Waals surface area (Å²) in [5, 5.41) is 4.26. The van der Waals surface area contributed by atoms with Crippen LogP contribution in [0.2, 0.25) is 0 Å². The summed E-state index contributed by atoms with van der Waals surface area (Å²) in [4.78, 5) is 9.18. The highest BCUT2D eigenvalue weighted by Gasteiger charge is 2.08. The highest BCUT2D eigenvalue weighted by molar-refractivity contribution is 7.09. The van der Waals surface area contributed by atoms with Gasteiger partial charge in [-0.05, 0) is 18.6 Å². The molecule has 3 rings (SSSR count). The maximum absolute atomic E-state index is 4.69. The van der Waals surface area contributed by atoms with Crippen LogP contribution in [0.3, 0.4) is 0 Å². The van der Waals surface area contributed by atoms with Crippen LogP contribution in [0.5, 0.6) is 0 Å². The molecule has 22 heavy (non-hydrogen) atoms. The van der Waals surface area contributed by atoms with E-state index in [1.54, 1.807) is 0 Å². The molecule has 2 aromatic heterocycles. The lowest BCUT2D eigenvalue weighted by Gasteiger charge is -2.03. The molecule has 3 aromatic rings. The zero-order valence-electron chi connectivity index (χ0n) is 13.2. The van der Waals surface area contributed by atoms with Crippen molar-refractivity contribution in [2.75, 3.05) is 11.9 Å². The number of anilines is 1. The topological polar surface area (TPSA) is 55.6 Å². The van der Waals surface area contributed by atoms with E-state index in [0.29, 0.717) is 5.92 Å². The zero-order chi connectivity index (χ0) is 15.5. The van der Waals surface area contributed by atoms with Crippen molar-refractivity contribution in [3.63, 3.8) is 0 Å². The summed E-state index contributed by atoms with van der Waals surface area (Å²) in [6.45, 7) is 5.10. The van der Waals surface area contributed by atoms with Crippen LogP contribution in [0.25, 0.3) is 11.0 Å². The van der Waals surface area contributed by atoms with E-state index in [0.717, 1.165) is 41.7 Å². The highest BCUT2D eigenvalue weighted by Crippen LogP contribution is 2.18. The molecule has 0 spiro atoms. The quantitative estimate of drug-likeness (QED) is 0.706. The molecule has 0 amide bonds. The summed E-state index contributed by atoms with van der Waals surface area (Å²) >= 11 is 1.44. The van der Waals surface area contributed by atoms with Gasteiger partial charge in [-0.1, -0.05) is 26.0 Å². The van der Waals surface area contributed by atoms with Gasteiger partial charge in [0, 0.05) is 37.5 Å². The van der Waals surface area contributed by atoms with E-state index in [1.165, 1.54) is 17.0 Å². The molecular weight excluding hydrogens is 294 g/mol. The monoisotopic (exact) mass is 315 g/mol. The molecule has 1 N–H and O–H groups in total. The minimum Gasteiger partial charge on any atom is -0.360 e.